The number of benzene rings is 1. The van der Waals surface area contributed by atoms with E-state index in [1.165, 1.54) is 29.6 Å². The third kappa shape index (κ3) is 2.83. The molecule has 1 heterocycles. The Bertz CT molecular complexity index is 594. The summed E-state index contributed by atoms with van der Waals surface area (Å²) in [5, 5.41) is 0. The van der Waals surface area contributed by atoms with E-state index in [0.717, 1.165) is 6.07 Å². The topological polar surface area (TPSA) is 63.7 Å². The van der Waals surface area contributed by atoms with Gasteiger partial charge in [-0.25, -0.2) is 12.8 Å². The maximum absolute atomic E-state index is 13.6. The number of hydrogen-bond donors (Lipinski definition) is 0. The van der Waals surface area contributed by atoms with Crippen LogP contribution in [-0.2, 0) is 19.6 Å². The van der Waals surface area contributed by atoms with Gasteiger partial charge >= 0.3 is 5.97 Å². The normalized spacial score (nSPS) is 17.9. The van der Waals surface area contributed by atoms with Crippen molar-refractivity contribution in [1.29, 1.82) is 0 Å². The molecule has 110 valence electrons. The molecular formula is C13H16FNO4S. The predicted octanol–water partition coefficient (Wildman–Crippen LogP) is 1.40. The highest BCUT2D eigenvalue weighted by Crippen LogP contribution is 2.25. The van der Waals surface area contributed by atoms with Gasteiger partial charge in [0.15, 0.2) is 0 Å². The van der Waals surface area contributed by atoms with Crippen molar-refractivity contribution in [1.82, 2.24) is 4.31 Å². The van der Waals surface area contributed by atoms with Crippen LogP contribution in [0.5, 0.6) is 0 Å². The molecule has 0 bridgehead atoms. The van der Waals surface area contributed by atoms with Gasteiger partial charge in [-0.2, -0.15) is 4.31 Å². The predicted molar refractivity (Wildman–Crippen MR) is 69.9 cm³/mol. The van der Waals surface area contributed by atoms with Gasteiger partial charge in [-0.3, -0.25) is 4.79 Å². The van der Waals surface area contributed by atoms with Crippen LogP contribution in [0.1, 0.15) is 12.8 Å². The lowest BCUT2D eigenvalue weighted by Gasteiger charge is -2.29. The zero-order valence-electron chi connectivity index (χ0n) is 11.1. The van der Waals surface area contributed by atoms with Crippen LogP contribution in [0, 0.1) is 11.7 Å². The van der Waals surface area contributed by atoms with Gasteiger partial charge in [-0.05, 0) is 25.0 Å². The molecule has 0 radical (unpaired) electrons. The number of halogens is 1. The minimum Gasteiger partial charge on any atom is -0.469 e. The van der Waals surface area contributed by atoms with Crippen LogP contribution in [0.25, 0.3) is 0 Å². The highest BCUT2D eigenvalue weighted by atomic mass is 32.2. The van der Waals surface area contributed by atoms with Crippen molar-refractivity contribution in [2.75, 3.05) is 20.2 Å². The van der Waals surface area contributed by atoms with E-state index >= 15 is 0 Å². The Morgan fingerprint density at radius 1 is 1.30 bits per heavy atom. The second kappa shape index (κ2) is 5.88. The van der Waals surface area contributed by atoms with Gasteiger partial charge in [-0.1, -0.05) is 12.1 Å². The van der Waals surface area contributed by atoms with Crippen LogP contribution in [-0.4, -0.2) is 38.9 Å². The van der Waals surface area contributed by atoms with E-state index in [4.69, 9.17) is 0 Å². The number of ether oxygens (including phenoxy) is 1. The van der Waals surface area contributed by atoms with E-state index < -0.39 is 15.8 Å². The molecule has 20 heavy (non-hydrogen) atoms. The third-order valence-corrected chi connectivity index (χ3v) is 5.37. The van der Waals surface area contributed by atoms with Gasteiger partial charge in [0.2, 0.25) is 10.0 Å². The summed E-state index contributed by atoms with van der Waals surface area (Å²) in [6.07, 6.45) is 0.778. The van der Waals surface area contributed by atoms with E-state index in [2.05, 4.69) is 4.74 Å². The second-order valence-corrected chi connectivity index (χ2v) is 6.54. The number of sulfonamides is 1. The Morgan fingerprint density at radius 2 is 1.90 bits per heavy atom. The maximum Gasteiger partial charge on any atom is 0.308 e. The number of nitrogens with zero attached hydrogens (tertiary/aromatic N) is 1. The lowest BCUT2D eigenvalue weighted by atomic mass is 9.99. The molecule has 0 aromatic heterocycles. The van der Waals surface area contributed by atoms with Crippen LogP contribution in [0.2, 0.25) is 0 Å². The number of piperidine rings is 1. The smallest absolute Gasteiger partial charge is 0.308 e. The minimum absolute atomic E-state index is 0.191. The Kier molecular flexibility index (Phi) is 4.39. The Hall–Kier alpha value is -1.47. The van der Waals surface area contributed by atoms with Crippen LogP contribution < -0.4 is 0 Å². The first-order chi connectivity index (χ1) is 9.46. The Balaban J connectivity index is 2.14. The number of rotatable bonds is 3. The fraction of sp³-hybridized carbons (Fsp3) is 0.462. The van der Waals surface area contributed by atoms with Crippen molar-refractivity contribution in [2.45, 2.75) is 17.7 Å². The maximum atomic E-state index is 13.6. The number of esters is 1. The zero-order chi connectivity index (χ0) is 14.8. The lowest BCUT2D eigenvalue weighted by molar-refractivity contribution is -0.146. The van der Waals surface area contributed by atoms with Gasteiger partial charge < -0.3 is 4.74 Å². The van der Waals surface area contributed by atoms with E-state index in [9.17, 15) is 17.6 Å². The summed E-state index contributed by atoms with van der Waals surface area (Å²) in [6.45, 7) is 0.382. The van der Waals surface area contributed by atoms with E-state index in [-0.39, 0.29) is 29.9 Å². The molecule has 7 heteroatoms. The first-order valence-electron chi connectivity index (χ1n) is 6.29. The van der Waals surface area contributed by atoms with Gasteiger partial charge in [0.1, 0.15) is 10.7 Å². The SMILES string of the molecule is COC(=O)C1CCN(S(=O)(=O)c2ccccc2F)CC1. The van der Waals surface area contributed by atoms with Gasteiger partial charge in [0, 0.05) is 13.1 Å². The molecule has 0 aliphatic carbocycles. The average molecular weight is 301 g/mol. The molecule has 2 rings (SSSR count). The number of methoxy groups -OCH3 is 1. The van der Waals surface area contributed by atoms with Crippen molar-refractivity contribution in [3.63, 3.8) is 0 Å². The lowest BCUT2D eigenvalue weighted by Crippen LogP contribution is -2.40. The Morgan fingerprint density at radius 3 is 2.45 bits per heavy atom. The van der Waals surface area contributed by atoms with E-state index in [1.807, 2.05) is 0 Å². The first kappa shape index (κ1) is 14.9. The molecule has 0 atom stereocenters. The van der Waals surface area contributed by atoms with Gasteiger partial charge in [0.05, 0.1) is 13.0 Å². The average Bonchev–Trinajstić information content (AvgIpc) is 2.47. The first-order valence-corrected chi connectivity index (χ1v) is 7.73. The molecule has 1 aliphatic rings. The molecule has 1 saturated heterocycles. The van der Waals surface area contributed by atoms with Crippen LogP contribution in [0.15, 0.2) is 29.2 Å². The van der Waals surface area contributed by atoms with Gasteiger partial charge in [0.25, 0.3) is 0 Å². The molecule has 0 saturated carbocycles. The highest BCUT2D eigenvalue weighted by Gasteiger charge is 2.33. The van der Waals surface area contributed by atoms with Crippen LogP contribution >= 0.6 is 0 Å². The number of hydrogen-bond acceptors (Lipinski definition) is 4. The highest BCUT2D eigenvalue weighted by molar-refractivity contribution is 7.89. The third-order valence-electron chi connectivity index (χ3n) is 3.44. The summed E-state index contributed by atoms with van der Waals surface area (Å²) in [7, 11) is -2.53. The molecule has 1 fully saturated rings. The molecule has 1 aromatic rings. The molecule has 0 unspecified atom stereocenters. The fourth-order valence-electron chi connectivity index (χ4n) is 2.29. The summed E-state index contributed by atoms with van der Waals surface area (Å²) in [4.78, 5) is 11.1. The number of carbonyl (C=O) groups excluding carboxylic acids is 1. The summed E-state index contributed by atoms with van der Waals surface area (Å²) in [5.41, 5.74) is 0. The molecule has 1 aliphatic heterocycles. The largest absolute Gasteiger partial charge is 0.469 e. The van der Waals surface area contributed by atoms with Crippen LogP contribution in [0.3, 0.4) is 0 Å². The van der Waals surface area contributed by atoms with Crippen molar-refractivity contribution in [2.24, 2.45) is 5.92 Å². The zero-order valence-corrected chi connectivity index (χ0v) is 11.9. The minimum atomic E-state index is -3.84. The molecule has 1 aromatic carbocycles. The monoisotopic (exact) mass is 301 g/mol. The van der Waals surface area contributed by atoms with Crippen molar-refractivity contribution in [3.8, 4) is 0 Å². The van der Waals surface area contributed by atoms with E-state index in [0.29, 0.717) is 12.8 Å². The summed E-state index contributed by atoms with van der Waals surface area (Å²) >= 11 is 0. The summed E-state index contributed by atoms with van der Waals surface area (Å²) in [5.74, 6) is -1.37. The fourth-order valence-corrected chi connectivity index (χ4v) is 3.83. The van der Waals surface area contributed by atoms with E-state index in [1.54, 1.807) is 0 Å². The molecule has 0 spiro atoms. The quantitative estimate of drug-likeness (QED) is 0.792. The standard InChI is InChI=1S/C13H16FNO4S/c1-19-13(16)10-6-8-15(9-7-10)20(17,18)12-5-3-2-4-11(12)14/h2-5,10H,6-9H2,1H3. The Labute approximate surface area is 117 Å². The molecule has 0 amide bonds. The van der Waals surface area contributed by atoms with Crippen molar-refractivity contribution < 1.29 is 22.3 Å². The van der Waals surface area contributed by atoms with Crippen molar-refractivity contribution in [3.05, 3.63) is 30.1 Å². The molecule has 0 N–H and O–H groups in total. The second-order valence-electron chi connectivity index (χ2n) is 4.63. The number of carbonyl (C=O) groups is 1. The van der Waals surface area contributed by atoms with Crippen molar-refractivity contribution >= 4 is 16.0 Å². The summed E-state index contributed by atoms with van der Waals surface area (Å²) < 4.78 is 44.1. The van der Waals surface area contributed by atoms with Gasteiger partial charge in [-0.15, -0.1) is 0 Å². The molecule has 5 nitrogen and oxygen atoms in total. The van der Waals surface area contributed by atoms with Crippen LogP contribution in [0.4, 0.5) is 4.39 Å². The molecular weight excluding hydrogens is 285 g/mol. The summed E-state index contributed by atoms with van der Waals surface area (Å²) in [6, 6.07) is 5.29.